The molecule has 4 nitrogen and oxygen atoms in total. The largest absolute Gasteiger partial charge is 0.357 e. The van der Waals surface area contributed by atoms with E-state index in [0.717, 1.165) is 37.7 Å². The lowest BCUT2D eigenvalue weighted by Gasteiger charge is -2.10. The van der Waals surface area contributed by atoms with Gasteiger partial charge in [-0.2, -0.15) is 0 Å². The predicted octanol–water partition coefficient (Wildman–Crippen LogP) is 3.37. The second-order valence-corrected chi connectivity index (χ2v) is 6.08. The molecule has 0 aromatic carbocycles. The Morgan fingerprint density at radius 2 is 2.09 bits per heavy atom. The maximum absolute atomic E-state index is 4.61. The molecular weight excluding hydrogens is 407 g/mol. The van der Waals surface area contributed by atoms with Crippen molar-refractivity contribution in [1.82, 2.24) is 15.6 Å². The first-order valence-electron chi connectivity index (χ1n) is 7.25. The summed E-state index contributed by atoms with van der Waals surface area (Å²) in [6.45, 7) is 6.60. The minimum Gasteiger partial charge on any atom is -0.357 e. The molecule has 0 unspecified atom stereocenters. The van der Waals surface area contributed by atoms with Gasteiger partial charge in [0.15, 0.2) is 5.96 Å². The Balaban J connectivity index is 0.00000242. The fourth-order valence-corrected chi connectivity index (χ4v) is 2.74. The van der Waals surface area contributed by atoms with Crippen LogP contribution in [-0.2, 0) is 13.0 Å². The van der Waals surface area contributed by atoms with Crippen LogP contribution in [0.4, 0.5) is 0 Å². The number of hydrogen-bond donors (Lipinski definition) is 2. The summed E-state index contributed by atoms with van der Waals surface area (Å²) < 4.78 is 0. The molecule has 0 fully saturated rings. The van der Waals surface area contributed by atoms with Crippen molar-refractivity contribution in [3.63, 3.8) is 0 Å². The van der Waals surface area contributed by atoms with E-state index in [9.17, 15) is 0 Å². The van der Waals surface area contributed by atoms with Crippen LogP contribution in [0.3, 0.4) is 0 Å². The molecular formula is C16H23IN4S. The summed E-state index contributed by atoms with van der Waals surface area (Å²) in [4.78, 5) is 11.5. The Hall–Kier alpha value is -1.15. The second-order valence-electron chi connectivity index (χ2n) is 4.71. The van der Waals surface area contributed by atoms with Gasteiger partial charge in [0.05, 0.1) is 6.54 Å². The molecule has 6 heteroatoms. The van der Waals surface area contributed by atoms with E-state index >= 15 is 0 Å². The van der Waals surface area contributed by atoms with Crippen molar-refractivity contribution in [1.29, 1.82) is 0 Å². The van der Waals surface area contributed by atoms with E-state index in [0.29, 0.717) is 0 Å². The fourth-order valence-electron chi connectivity index (χ4n) is 1.92. The van der Waals surface area contributed by atoms with Crippen LogP contribution in [0.1, 0.15) is 22.4 Å². The van der Waals surface area contributed by atoms with Gasteiger partial charge >= 0.3 is 0 Å². The number of pyridine rings is 1. The number of guanidine groups is 1. The number of aryl methyl sites for hydroxylation is 1. The summed E-state index contributed by atoms with van der Waals surface area (Å²) >= 11 is 1.80. The van der Waals surface area contributed by atoms with Gasteiger partial charge in [-0.3, -0.25) is 4.98 Å². The molecule has 0 aliphatic rings. The molecule has 22 heavy (non-hydrogen) atoms. The van der Waals surface area contributed by atoms with E-state index in [2.05, 4.69) is 46.6 Å². The highest BCUT2D eigenvalue weighted by molar-refractivity contribution is 14.0. The Morgan fingerprint density at radius 1 is 1.23 bits per heavy atom. The zero-order chi connectivity index (χ0) is 14.9. The third kappa shape index (κ3) is 6.74. The highest BCUT2D eigenvalue weighted by Gasteiger charge is 2.00. The van der Waals surface area contributed by atoms with Gasteiger partial charge in [0.1, 0.15) is 0 Å². The third-order valence-electron chi connectivity index (χ3n) is 2.93. The first kappa shape index (κ1) is 18.9. The Morgan fingerprint density at radius 3 is 2.73 bits per heavy atom. The van der Waals surface area contributed by atoms with E-state index < -0.39 is 0 Å². The molecule has 0 saturated carbocycles. The molecule has 0 atom stereocenters. The minimum atomic E-state index is 0. The number of rotatable bonds is 6. The molecule has 0 aliphatic carbocycles. The lowest BCUT2D eigenvalue weighted by Crippen LogP contribution is -2.38. The zero-order valence-electron chi connectivity index (χ0n) is 13.0. The summed E-state index contributed by atoms with van der Waals surface area (Å²) in [6, 6.07) is 10.3. The summed E-state index contributed by atoms with van der Waals surface area (Å²) in [7, 11) is 0. The Bertz CT molecular complexity index is 569. The second kappa shape index (κ2) is 10.6. The highest BCUT2D eigenvalue weighted by Crippen LogP contribution is 2.15. The number of halogens is 1. The highest BCUT2D eigenvalue weighted by atomic mass is 127. The topological polar surface area (TPSA) is 49.3 Å². The first-order chi connectivity index (χ1) is 10.3. The van der Waals surface area contributed by atoms with Crippen molar-refractivity contribution in [2.75, 3.05) is 13.1 Å². The number of aromatic nitrogens is 1. The number of thiophene rings is 1. The van der Waals surface area contributed by atoms with Crippen molar-refractivity contribution in [2.45, 2.75) is 26.8 Å². The third-order valence-corrected chi connectivity index (χ3v) is 3.92. The van der Waals surface area contributed by atoms with Gasteiger partial charge in [-0.15, -0.1) is 35.3 Å². The molecule has 2 N–H and O–H groups in total. The monoisotopic (exact) mass is 430 g/mol. The van der Waals surface area contributed by atoms with Crippen molar-refractivity contribution < 1.29 is 0 Å². The molecule has 0 bridgehead atoms. The SMILES string of the molecule is CCNC(=NCc1ccc(C)s1)NCCc1ccccn1.I. The minimum absolute atomic E-state index is 0. The normalized spacial score (nSPS) is 10.9. The molecule has 120 valence electrons. The molecule has 2 heterocycles. The molecule has 2 aromatic heterocycles. The molecule has 0 aliphatic heterocycles. The van der Waals surface area contributed by atoms with Gasteiger partial charge < -0.3 is 10.6 Å². The molecule has 0 spiro atoms. The van der Waals surface area contributed by atoms with Gasteiger partial charge in [0, 0.05) is 41.2 Å². The van der Waals surface area contributed by atoms with Crippen LogP contribution in [0.5, 0.6) is 0 Å². The van der Waals surface area contributed by atoms with Gasteiger partial charge in [0.2, 0.25) is 0 Å². The zero-order valence-corrected chi connectivity index (χ0v) is 16.2. The summed E-state index contributed by atoms with van der Waals surface area (Å²) in [6.07, 6.45) is 2.72. The van der Waals surface area contributed by atoms with Crippen LogP contribution in [0.15, 0.2) is 41.5 Å². The van der Waals surface area contributed by atoms with Crippen molar-refractivity contribution in [3.05, 3.63) is 52.0 Å². The molecule has 0 radical (unpaired) electrons. The Labute approximate surface area is 153 Å². The van der Waals surface area contributed by atoms with Crippen molar-refractivity contribution in [2.24, 2.45) is 4.99 Å². The van der Waals surface area contributed by atoms with Crippen LogP contribution in [-0.4, -0.2) is 24.0 Å². The smallest absolute Gasteiger partial charge is 0.191 e. The lowest BCUT2D eigenvalue weighted by atomic mass is 10.3. The van der Waals surface area contributed by atoms with Crippen LogP contribution >= 0.6 is 35.3 Å². The van der Waals surface area contributed by atoms with Crippen molar-refractivity contribution >= 4 is 41.3 Å². The molecule has 0 amide bonds. The van der Waals surface area contributed by atoms with Crippen LogP contribution in [0, 0.1) is 6.92 Å². The van der Waals surface area contributed by atoms with Gasteiger partial charge in [-0.25, -0.2) is 4.99 Å². The van der Waals surface area contributed by atoms with E-state index in [1.807, 2.05) is 24.4 Å². The first-order valence-corrected chi connectivity index (χ1v) is 8.07. The van der Waals surface area contributed by atoms with E-state index in [-0.39, 0.29) is 24.0 Å². The van der Waals surface area contributed by atoms with E-state index in [1.165, 1.54) is 9.75 Å². The number of hydrogen-bond acceptors (Lipinski definition) is 3. The fraction of sp³-hybridized carbons (Fsp3) is 0.375. The summed E-state index contributed by atoms with van der Waals surface area (Å²) in [5.41, 5.74) is 1.09. The average Bonchev–Trinajstić information content (AvgIpc) is 2.91. The van der Waals surface area contributed by atoms with E-state index in [4.69, 9.17) is 0 Å². The van der Waals surface area contributed by atoms with Gasteiger partial charge in [-0.05, 0) is 38.1 Å². The van der Waals surface area contributed by atoms with E-state index in [1.54, 1.807) is 11.3 Å². The summed E-state index contributed by atoms with van der Waals surface area (Å²) in [5, 5.41) is 6.62. The van der Waals surface area contributed by atoms with Crippen LogP contribution in [0.25, 0.3) is 0 Å². The summed E-state index contributed by atoms with van der Waals surface area (Å²) in [5.74, 6) is 0.861. The predicted molar refractivity (Wildman–Crippen MR) is 105 cm³/mol. The van der Waals surface area contributed by atoms with Gasteiger partial charge in [0.25, 0.3) is 0 Å². The van der Waals surface area contributed by atoms with Crippen molar-refractivity contribution in [3.8, 4) is 0 Å². The molecule has 2 rings (SSSR count). The van der Waals surface area contributed by atoms with Crippen LogP contribution < -0.4 is 10.6 Å². The average molecular weight is 430 g/mol. The maximum atomic E-state index is 4.61. The quantitative estimate of drug-likeness (QED) is 0.420. The Kier molecular flexibility index (Phi) is 9.07. The van der Waals surface area contributed by atoms with Gasteiger partial charge in [-0.1, -0.05) is 6.07 Å². The number of aliphatic imine (C=N–C) groups is 1. The molecule has 2 aromatic rings. The number of nitrogens with zero attached hydrogens (tertiary/aromatic N) is 2. The lowest BCUT2D eigenvalue weighted by molar-refractivity contribution is 0.789. The molecule has 0 saturated heterocycles. The number of nitrogens with one attached hydrogen (secondary N) is 2. The maximum Gasteiger partial charge on any atom is 0.191 e. The standard InChI is InChI=1S/C16H22N4S.HI/c1-3-17-16(20-12-15-8-7-13(2)21-15)19-11-9-14-6-4-5-10-18-14;/h4-8,10H,3,9,11-12H2,1-2H3,(H2,17,19,20);1H. The van der Waals surface area contributed by atoms with Crippen LogP contribution in [0.2, 0.25) is 0 Å².